The van der Waals surface area contributed by atoms with Gasteiger partial charge in [0, 0.05) is 0 Å². The second kappa shape index (κ2) is 6.42. The number of nitrogens with one attached hydrogen (secondary N) is 2. The molecule has 0 aliphatic heterocycles. The summed E-state index contributed by atoms with van der Waals surface area (Å²) in [7, 11) is 1.63. The molecule has 0 bridgehead atoms. The maximum absolute atomic E-state index is 11.0. The van der Waals surface area contributed by atoms with Gasteiger partial charge in [0.25, 0.3) is 0 Å². The highest BCUT2D eigenvalue weighted by Gasteiger charge is 2.17. The number of rotatable bonds is 6. The molecule has 0 aromatic rings. The summed E-state index contributed by atoms with van der Waals surface area (Å²) in [6, 6.07) is -0.758. The molecule has 0 aliphatic carbocycles. The molecule has 0 saturated carbocycles. The van der Waals surface area contributed by atoms with Gasteiger partial charge in [0.1, 0.15) is 6.04 Å². The normalized spacial score (nSPS) is 12.2. The zero-order chi connectivity index (χ0) is 10.3. The third-order valence-corrected chi connectivity index (χ3v) is 1.55. The highest BCUT2D eigenvalue weighted by atomic mass is 16.4. The number of carboxylic acid groups (broad SMARTS) is 1. The highest BCUT2D eigenvalue weighted by Crippen LogP contribution is 1.96. The molecule has 1 atom stereocenters. The number of carboxylic acids is 1. The zero-order valence-corrected chi connectivity index (χ0v) is 7.96. The molecule has 0 heterocycles. The van der Waals surface area contributed by atoms with Crippen LogP contribution in [0.15, 0.2) is 0 Å². The predicted octanol–water partition coefficient (Wildman–Crippen LogP) is -0.425. The lowest BCUT2D eigenvalue weighted by Crippen LogP contribution is -2.43. The van der Waals surface area contributed by atoms with E-state index in [0.717, 1.165) is 6.42 Å². The lowest BCUT2D eigenvalue weighted by molar-refractivity contribution is -0.141. The molecule has 0 aromatic heterocycles. The Morgan fingerprint density at radius 1 is 1.46 bits per heavy atom. The molecule has 13 heavy (non-hydrogen) atoms. The summed E-state index contributed by atoms with van der Waals surface area (Å²) in [5.41, 5.74) is 0. The molecule has 0 fully saturated rings. The molecule has 0 aliphatic rings. The maximum Gasteiger partial charge on any atom is 0.326 e. The SMILES string of the molecule is CCC[C@H](NC(=O)CNC)C(=O)O. The van der Waals surface area contributed by atoms with Crippen LogP contribution in [0.25, 0.3) is 0 Å². The number of amides is 1. The van der Waals surface area contributed by atoms with Crippen LogP contribution < -0.4 is 10.6 Å². The lowest BCUT2D eigenvalue weighted by atomic mass is 10.2. The third kappa shape index (κ3) is 5.19. The predicted molar refractivity (Wildman–Crippen MR) is 48.4 cm³/mol. The average Bonchev–Trinajstić information content (AvgIpc) is 2.04. The number of aliphatic carboxylic acids is 1. The molecule has 3 N–H and O–H groups in total. The molecule has 0 spiro atoms. The van der Waals surface area contributed by atoms with E-state index in [0.29, 0.717) is 6.42 Å². The van der Waals surface area contributed by atoms with Gasteiger partial charge in [-0.1, -0.05) is 13.3 Å². The average molecular weight is 188 g/mol. The van der Waals surface area contributed by atoms with Gasteiger partial charge in [-0.3, -0.25) is 4.79 Å². The Balaban J connectivity index is 3.94. The van der Waals surface area contributed by atoms with Crippen LogP contribution >= 0.6 is 0 Å². The summed E-state index contributed by atoms with van der Waals surface area (Å²) >= 11 is 0. The van der Waals surface area contributed by atoms with Crippen molar-refractivity contribution in [3.8, 4) is 0 Å². The summed E-state index contributed by atoms with van der Waals surface area (Å²) in [6.45, 7) is 2.02. The first-order valence-electron chi connectivity index (χ1n) is 4.28. The van der Waals surface area contributed by atoms with E-state index in [9.17, 15) is 9.59 Å². The number of likely N-dealkylation sites (N-methyl/N-ethyl adjacent to an activating group) is 1. The molecule has 0 rings (SSSR count). The van der Waals surface area contributed by atoms with E-state index >= 15 is 0 Å². The van der Waals surface area contributed by atoms with Gasteiger partial charge >= 0.3 is 5.97 Å². The van der Waals surface area contributed by atoms with Crippen LogP contribution in [0.2, 0.25) is 0 Å². The van der Waals surface area contributed by atoms with Crippen LogP contribution in [0, 0.1) is 0 Å². The fourth-order valence-electron chi connectivity index (χ4n) is 0.952. The van der Waals surface area contributed by atoms with E-state index in [1.54, 1.807) is 7.05 Å². The van der Waals surface area contributed by atoms with E-state index in [-0.39, 0.29) is 12.5 Å². The van der Waals surface area contributed by atoms with Gasteiger partial charge in [0.2, 0.25) is 5.91 Å². The lowest BCUT2D eigenvalue weighted by Gasteiger charge is -2.12. The number of carbonyl (C=O) groups excluding carboxylic acids is 1. The van der Waals surface area contributed by atoms with Gasteiger partial charge in [0.15, 0.2) is 0 Å². The van der Waals surface area contributed by atoms with Crippen molar-refractivity contribution in [2.24, 2.45) is 0 Å². The van der Waals surface area contributed by atoms with Crippen LogP contribution in [0.1, 0.15) is 19.8 Å². The third-order valence-electron chi connectivity index (χ3n) is 1.55. The summed E-state index contributed by atoms with van der Waals surface area (Å²) in [5.74, 6) is -1.27. The topological polar surface area (TPSA) is 78.4 Å². The Morgan fingerprint density at radius 2 is 2.08 bits per heavy atom. The second-order valence-electron chi connectivity index (χ2n) is 2.78. The largest absolute Gasteiger partial charge is 0.480 e. The van der Waals surface area contributed by atoms with E-state index in [2.05, 4.69) is 10.6 Å². The second-order valence-corrected chi connectivity index (χ2v) is 2.78. The van der Waals surface area contributed by atoms with Crippen molar-refractivity contribution >= 4 is 11.9 Å². The van der Waals surface area contributed by atoms with Gasteiger partial charge in [-0.2, -0.15) is 0 Å². The molecule has 76 valence electrons. The van der Waals surface area contributed by atoms with Crippen LogP contribution in [-0.2, 0) is 9.59 Å². The van der Waals surface area contributed by atoms with Gasteiger partial charge < -0.3 is 15.7 Å². The van der Waals surface area contributed by atoms with E-state index in [1.165, 1.54) is 0 Å². The molecular formula is C8H16N2O3. The number of hydrogen-bond donors (Lipinski definition) is 3. The Hall–Kier alpha value is -1.10. The number of carbonyl (C=O) groups is 2. The van der Waals surface area contributed by atoms with Gasteiger partial charge in [-0.25, -0.2) is 4.79 Å². The van der Waals surface area contributed by atoms with Crippen molar-refractivity contribution in [2.45, 2.75) is 25.8 Å². The fraction of sp³-hybridized carbons (Fsp3) is 0.750. The monoisotopic (exact) mass is 188 g/mol. The van der Waals surface area contributed by atoms with Crippen molar-refractivity contribution in [1.29, 1.82) is 0 Å². The van der Waals surface area contributed by atoms with E-state index < -0.39 is 12.0 Å². The van der Waals surface area contributed by atoms with Crippen molar-refractivity contribution < 1.29 is 14.7 Å². The summed E-state index contributed by atoms with van der Waals surface area (Å²) in [4.78, 5) is 21.6. The first kappa shape index (κ1) is 11.9. The van der Waals surface area contributed by atoms with E-state index in [4.69, 9.17) is 5.11 Å². The fourth-order valence-corrected chi connectivity index (χ4v) is 0.952. The van der Waals surface area contributed by atoms with Gasteiger partial charge in [0.05, 0.1) is 6.54 Å². The van der Waals surface area contributed by atoms with Crippen LogP contribution in [0.3, 0.4) is 0 Å². The maximum atomic E-state index is 11.0. The smallest absolute Gasteiger partial charge is 0.326 e. The highest BCUT2D eigenvalue weighted by molar-refractivity contribution is 5.84. The van der Waals surface area contributed by atoms with Crippen molar-refractivity contribution in [3.05, 3.63) is 0 Å². The molecular weight excluding hydrogens is 172 g/mol. The summed E-state index contributed by atoms with van der Waals surface area (Å²) < 4.78 is 0. The minimum atomic E-state index is -0.980. The quantitative estimate of drug-likeness (QED) is 0.529. The first-order chi connectivity index (χ1) is 6.11. The Morgan fingerprint density at radius 3 is 2.46 bits per heavy atom. The van der Waals surface area contributed by atoms with Crippen molar-refractivity contribution in [3.63, 3.8) is 0 Å². The van der Waals surface area contributed by atoms with Crippen LogP contribution in [-0.4, -0.2) is 36.6 Å². The Kier molecular flexibility index (Phi) is 5.88. The Labute approximate surface area is 77.5 Å². The standard InChI is InChI=1S/C8H16N2O3/c1-3-4-6(8(12)13)10-7(11)5-9-2/h6,9H,3-5H2,1-2H3,(H,10,11)(H,12,13)/t6-/m0/s1. The molecule has 1 amide bonds. The van der Waals surface area contributed by atoms with Crippen molar-refractivity contribution in [2.75, 3.05) is 13.6 Å². The molecule has 0 saturated heterocycles. The molecule has 5 nitrogen and oxygen atoms in total. The number of hydrogen-bond acceptors (Lipinski definition) is 3. The first-order valence-corrected chi connectivity index (χ1v) is 4.28. The van der Waals surface area contributed by atoms with Gasteiger partial charge in [-0.15, -0.1) is 0 Å². The summed E-state index contributed by atoms with van der Waals surface area (Å²) in [6.07, 6.45) is 1.20. The minimum absolute atomic E-state index is 0.146. The van der Waals surface area contributed by atoms with E-state index in [1.807, 2.05) is 6.92 Å². The molecule has 5 heteroatoms. The van der Waals surface area contributed by atoms with Gasteiger partial charge in [-0.05, 0) is 13.5 Å². The zero-order valence-electron chi connectivity index (χ0n) is 7.96. The van der Waals surface area contributed by atoms with Crippen LogP contribution in [0.5, 0.6) is 0 Å². The molecule has 0 unspecified atom stereocenters. The van der Waals surface area contributed by atoms with Crippen molar-refractivity contribution in [1.82, 2.24) is 10.6 Å². The van der Waals surface area contributed by atoms with Crippen LogP contribution in [0.4, 0.5) is 0 Å². The minimum Gasteiger partial charge on any atom is -0.480 e. The Bertz CT molecular complexity index is 182. The molecule has 0 radical (unpaired) electrons. The molecule has 0 aromatic carbocycles. The summed E-state index contributed by atoms with van der Waals surface area (Å²) in [5, 5.41) is 13.8.